The number of allylic oxidation sites excluding steroid dienone is 1. The van der Waals surface area contributed by atoms with Gasteiger partial charge < -0.3 is 5.11 Å². The average Bonchev–Trinajstić information content (AvgIpc) is 2.57. The van der Waals surface area contributed by atoms with Crippen LogP contribution in [0, 0.1) is 0 Å². The molecule has 0 unspecified atom stereocenters. The van der Waals surface area contributed by atoms with Gasteiger partial charge in [0, 0.05) is 15.4 Å². The van der Waals surface area contributed by atoms with Gasteiger partial charge in [-0.1, -0.05) is 46.3 Å². The highest BCUT2D eigenvalue weighted by Crippen LogP contribution is 2.39. The van der Waals surface area contributed by atoms with Gasteiger partial charge in [-0.2, -0.15) is 5.11 Å². The van der Waals surface area contributed by atoms with E-state index in [1.165, 1.54) is 0 Å². The van der Waals surface area contributed by atoms with Crippen molar-refractivity contribution >= 4 is 38.1 Å². The fraction of sp³-hybridized carbons (Fsp3) is 0.0526. The van der Waals surface area contributed by atoms with E-state index in [9.17, 15) is 5.11 Å². The second-order valence-corrected chi connectivity index (χ2v) is 6.04. The molecule has 3 rings (SSSR count). The SMILES string of the molecule is C=CCc1cc2ccccc2c(N=Nc2ccc(Br)cc2)c1O. The van der Waals surface area contributed by atoms with E-state index >= 15 is 0 Å². The Morgan fingerprint density at radius 3 is 2.52 bits per heavy atom. The molecule has 0 fully saturated rings. The Bertz CT molecular complexity index is 886. The van der Waals surface area contributed by atoms with Gasteiger partial charge in [-0.3, -0.25) is 0 Å². The van der Waals surface area contributed by atoms with Crippen molar-refractivity contribution in [2.24, 2.45) is 10.2 Å². The zero-order valence-electron chi connectivity index (χ0n) is 12.4. The van der Waals surface area contributed by atoms with Crippen LogP contribution in [0.5, 0.6) is 5.75 Å². The zero-order valence-corrected chi connectivity index (χ0v) is 14.0. The number of fused-ring (bicyclic) bond motifs is 1. The van der Waals surface area contributed by atoms with E-state index in [4.69, 9.17) is 0 Å². The summed E-state index contributed by atoms with van der Waals surface area (Å²) in [4.78, 5) is 0. The number of nitrogens with zero attached hydrogens (tertiary/aromatic N) is 2. The third-order valence-corrected chi connectivity index (χ3v) is 4.06. The minimum atomic E-state index is 0.157. The van der Waals surface area contributed by atoms with Crippen molar-refractivity contribution < 1.29 is 5.11 Å². The lowest BCUT2D eigenvalue weighted by atomic mass is 10.0. The largest absolute Gasteiger partial charge is 0.505 e. The molecule has 3 nitrogen and oxygen atoms in total. The molecule has 4 heteroatoms. The lowest BCUT2D eigenvalue weighted by Crippen LogP contribution is -1.85. The summed E-state index contributed by atoms with van der Waals surface area (Å²) < 4.78 is 0.984. The van der Waals surface area contributed by atoms with E-state index in [1.807, 2.05) is 54.6 Å². The molecule has 0 aliphatic rings. The highest BCUT2D eigenvalue weighted by Gasteiger charge is 2.11. The average molecular weight is 367 g/mol. The summed E-state index contributed by atoms with van der Waals surface area (Å²) in [6.07, 6.45) is 2.34. The zero-order chi connectivity index (χ0) is 16.2. The lowest BCUT2D eigenvalue weighted by Gasteiger charge is -2.09. The highest BCUT2D eigenvalue weighted by molar-refractivity contribution is 9.10. The van der Waals surface area contributed by atoms with Crippen LogP contribution < -0.4 is 0 Å². The van der Waals surface area contributed by atoms with E-state index < -0.39 is 0 Å². The van der Waals surface area contributed by atoms with Crippen molar-refractivity contribution in [3.8, 4) is 5.75 Å². The number of hydrogen-bond acceptors (Lipinski definition) is 3. The van der Waals surface area contributed by atoms with Crippen LogP contribution in [0.1, 0.15) is 5.56 Å². The molecular weight excluding hydrogens is 352 g/mol. The van der Waals surface area contributed by atoms with Crippen LogP contribution in [0.15, 0.2) is 82.0 Å². The lowest BCUT2D eigenvalue weighted by molar-refractivity contribution is 0.471. The maximum absolute atomic E-state index is 10.5. The molecule has 0 atom stereocenters. The van der Waals surface area contributed by atoms with E-state index in [2.05, 4.69) is 32.7 Å². The predicted octanol–water partition coefficient (Wildman–Crippen LogP) is 6.45. The van der Waals surface area contributed by atoms with Crippen LogP contribution in [-0.4, -0.2) is 5.11 Å². The first kappa shape index (κ1) is 15.4. The first-order valence-electron chi connectivity index (χ1n) is 7.21. The summed E-state index contributed by atoms with van der Waals surface area (Å²) in [6.45, 7) is 3.74. The fourth-order valence-corrected chi connectivity index (χ4v) is 2.67. The molecular formula is C19H15BrN2O. The van der Waals surface area contributed by atoms with Gasteiger partial charge >= 0.3 is 0 Å². The van der Waals surface area contributed by atoms with Gasteiger partial charge in [0.25, 0.3) is 0 Å². The van der Waals surface area contributed by atoms with Crippen molar-refractivity contribution in [1.82, 2.24) is 0 Å². The first-order valence-corrected chi connectivity index (χ1v) is 8.00. The van der Waals surface area contributed by atoms with Crippen LogP contribution in [0.25, 0.3) is 10.8 Å². The molecule has 0 saturated carbocycles. The quantitative estimate of drug-likeness (QED) is 0.418. The minimum Gasteiger partial charge on any atom is -0.505 e. The Labute approximate surface area is 143 Å². The van der Waals surface area contributed by atoms with Gasteiger partial charge in [0.05, 0.1) is 5.69 Å². The van der Waals surface area contributed by atoms with Crippen molar-refractivity contribution in [2.45, 2.75) is 6.42 Å². The van der Waals surface area contributed by atoms with Gasteiger partial charge in [0.2, 0.25) is 0 Å². The summed E-state index contributed by atoms with van der Waals surface area (Å²) in [6, 6.07) is 17.3. The molecule has 23 heavy (non-hydrogen) atoms. The van der Waals surface area contributed by atoms with Crippen molar-refractivity contribution in [2.75, 3.05) is 0 Å². The van der Waals surface area contributed by atoms with Crippen LogP contribution >= 0.6 is 15.9 Å². The smallest absolute Gasteiger partial charge is 0.147 e. The minimum absolute atomic E-state index is 0.157. The second kappa shape index (κ2) is 6.75. The van der Waals surface area contributed by atoms with E-state index in [1.54, 1.807) is 6.08 Å². The van der Waals surface area contributed by atoms with Crippen molar-refractivity contribution in [3.05, 3.63) is 77.3 Å². The van der Waals surface area contributed by atoms with Gasteiger partial charge in [0.15, 0.2) is 0 Å². The summed E-state index contributed by atoms with van der Waals surface area (Å²) in [5.74, 6) is 0.157. The summed E-state index contributed by atoms with van der Waals surface area (Å²) >= 11 is 3.39. The number of aromatic hydroxyl groups is 1. The Hall–Kier alpha value is -2.46. The number of benzene rings is 3. The van der Waals surface area contributed by atoms with E-state index in [-0.39, 0.29) is 5.75 Å². The van der Waals surface area contributed by atoms with Crippen molar-refractivity contribution in [3.63, 3.8) is 0 Å². The van der Waals surface area contributed by atoms with Crippen LogP contribution in [-0.2, 0) is 6.42 Å². The molecule has 0 spiro atoms. The number of halogens is 1. The van der Waals surface area contributed by atoms with Crippen LogP contribution in [0.4, 0.5) is 11.4 Å². The standard InChI is InChI=1S/C19H15BrN2O/c1-2-5-14-12-13-6-3-4-7-17(13)18(19(14)23)22-21-16-10-8-15(20)9-11-16/h2-4,6-12,23H,1,5H2. The third kappa shape index (κ3) is 3.32. The number of hydrogen-bond donors (Lipinski definition) is 1. The summed E-state index contributed by atoms with van der Waals surface area (Å²) in [5.41, 5.74) is 2.01. The molecule has 1 N–H and O–H groups in total. The molecule has 0 aromatic heterocycles. The molecule has 114 valence electrons. The molecule has 0 radical (unpaired) electrons. The van der Waals surface area contributed by atoms with Gasteiger partial charge in [-0.15, -0.1) is 11.7 Å². The molecule has 3 aromatic carbocycles. The Morgan fingerprint density at radius 1 is 1.04 bits per heavy atom. The van der Waals surface area contributed by atoms with E-state index in [0.717, 1.165) is 26.5 Å². The van der Waals surface area contributed by atoms with Crippen LogP contribution in [0.2, 0.25) is 0 Å². The second-order valence-electron chi connectivity index (χ2n) is 5.12. The van der Waals surface area contributed by atoms with E-state index in [0.29, 0.717) is 12.1 Å². The maximum atomic E-state index is 10.5. The molecule has 3 aromatic rings. The molecule has 0 amide bonds. The normalized spacial score (nSPS) is 11.2. The molecule has 0 saturated heterocycles. The van der Waals surface area contributed by atoms with Crippen molar-refractivity contribution in [1.29, 1.82) is 0 Å². The Kier molecular flexibility index (Phi) is 4.53. The Morgan fingerprint density at radius 2 is 1.78 bits per heavy atom. The van der Waals surface area contributed by atoms with Crippen LogP contribution in [0.3, 0.4) is 0 Å². The topological polar surface area (TPSA) is 45.0 Å². The Balaban J connectivity index is 2.12. The monoisotopic (exact) mass is 366 g/mol. The molecule has 0 bridgehead atoms. The predicted molar refractivity (Wildman–Crippen MR) is 97.8 cm³/mol. The number of phenolic OH excluding ortho intramolecular Hbond substituents is 1. The molecule has 0 aliphatic carbocycles. The third-order valence-electron chi connectivity index (χ3n) is 3.53. The maximum Gasteiger partial charge on any atom is 0.147 e. The summed E-state index contributed by atoms with van der Waals surface area (Å²) in [7, 11) is 0. The van der Waals surface area contributed by atoms with Gasteiger partial charge in [-0.25, -0.2) is 0 Å². The fourth-order valence-electron chi connectivity index (χ4n) is 2.40. The molecule has 0 heterocycles. The summed E-state index contributed by atoms with van der Waals surface area (Å²) in [5, 5.41) is 21.0. The van der Waals surface area contributed by atoms with Gasteiger partial charge in [0.1, 0.15) is 11.4 Å². The first-order chi connectivity index (χ1) is 11.2. The molecule has 0 aliphatic heterocycles. The highest BCUT2D eigenvalue weighted by atomic mass is 79.9. The van der Waals surface area contributed by atoms with Gasteiger partial charge in [-0.05, 0) is 42.1 Å². The number of azo groups is 1. The number of phenols is 1. The number of rotatable bonds is 4.